The second-order valence-electron chi connectivity index (χ2n) is 9.82. The molecule has 7 nitrogen and oxygen atoms in total. The molecule has 3 aromatic rings. The van der Waals surface area contributed by atoms with Gasteiger partial charge in [0.1, 0.15) is 5.54 Å². The van der Waals surface area contributed by atoms with Crippen LogP contribution >= 0.6 is 11.6 Å². The van der Waals surface area contributed by atoms with Crippen molar-refractivity contribution in [3.63, 3.8) is 0 Å². The SMILES string of the molecule is CC(C)CC1(c2ccccc2)NC(=N)N(Cc2ccc(Cl)c(C(=O)N3Cc4cccnc4C3)c2)C1=O. The van der Waals surface area contributed by atoms with Crippen LogP contribution in [0.25, 0.3) is 0 Å². The van der Waals surface area contributed by atoms with Gasteiger partial charge in [-0.1, -0.05) is 67.9 Å². The van der Waals surface area contributed by atoms with Gasteiger partial charge in [-0.3, -0.25) is 24.9 Å². The lowest BCUT2D eigenvalue weighted by Gasteiger charge is -2.29. The Balaban J connectivity index is 1.40. The molecule has 1 fully saturated rings. The zero-order valence-corrected chi connectivity index (χ0v) is 21.0. The van der Waals surface area contributed by atoms with Crippen LogP contribution in [0.2, 0.25) is 5.02 Å². The average molecular weight is 502 g/mol. The van der Waals surface area contributed by atoms with E-state index in [0.717, 1.165) is 22.4 Å². The van der Waals surface area contributed by atoms with Crippen molar-refractivity contribution < 1.29 is 9.59 Å². The largest absolute Gasteiger partial charge is 0.338 e. The Morgan fingerprint density at radius 3 is 2.64 bits per heavy atom. The number of nitrogens with one attached hydrogen (secondary N) is 2. The third kappa shape index (κ3) is 4.24. The highest BCUT2D eigenvalue weighted by Crippen LogP contribution is 2.36. The molecule has 1 atom stereocenters. The summed E-state index contributed by atoms with van der Waals surface area (Å²) in [6.07, 6.45) is 2.29. The van der Waals surface area contributed by atoms with E-state index in [4.69, 9.17) is 17.0 Å². The number of hydrogen-bond acceptors (Lipinski definition) is 4. The van der Waals surface area contributed by atoms with Crippen LogP contribution in [0.3, 0.4) is 0 Å². The van der Waals surface area contributed by atoms with Crippen molar-refractivity contribution in [1.29, 1.82) is 5.41 Å². The molecule has 2 aromatic carbocycles. The van der Waals surface area contributed by atoms with Crippen LogP contribution < -0.4 is 5.32 Å². The Morgan fingerprint density at radius 2 is 1.92 bits per heavy atom. The lowest BCUT2D eigenvalue weighted by molar-refractivity contribution is -0.132. The van der Waals surface area contributed by atoms with E-state index in [0.29, 0.717) is 30.1 Å². The molecule has 2 aliphatic rings. The van der Waals surface area contributed by atoms with Gasteiger partial charge >= 0.3 is 0 Å². The van der Waals surface area contributed by atoms with Crippen molar-refractivity contribution in [2.24, 2.45) is 5.92 Å². The summed E-state index contributed by atoms with van der Waals surface area (Å²) in [4.78, 5) is 34.7. The quantitative estimate of drug-likeness (QED) is 0.512. The van der Waals surface area contributed by atoms with Gasteiger partial charge in [-0.2, -0.15) is 0 Å². The third-order valence-electron chi connectivity index (χ3n) is 6.77. The van der Waals surface area contributed by atoms with Crippen molar-refractivity contribution in [3.05, 3.63) is 99.8 Å². The lowest BCUT2D eigenvalue weighted by Crippen LogP contribution is -2.45. The lowest BCUT2D eigenvalue weighted by atomic mass is 9.82. The highest BCUT2D eigenvalue weighted by atomic mass is 35.5. The standard InChI is InChI=1S/C28H28ClN5O2/c1-18(2)14-28(21-8-4-3-5-9-21)26(36)34(27(30)32-28)15-19-10-11-23(29)22(13-19)25(35)33-16-20-7-6-12-31-24(20)17-33/h3-13,18H,14-17H2,1-2H3,(H2,30,32). The number of halogens is 1. The molecular formula is C28H28ClN5O2. The van der Waals surface area contributed by atoms with Crippen LogP contribution in [-0.2, 0) is 30.0 Å². The molecule has 0 bridgehead atoms. The van der Waals surface area contributed by atoms with Crippen LogP contribution in [0.15, 0.2) is 66.9 Å². The minimum atomic E-state index is -0.994. The molecule has 8 heteroatoms. The molecule has 2 amide bonds. The summed E-state index contributed by atoms with van der Waals surface area (Å²) in [5, 5.41) is 12.2. The first-order chi connectivity index (χ1) is 17.3. The number of pyridine rings is 1. The number of hydrogen-bond donors (Lipinski definition) is 2. The van der Waals surface area contributed by atoms with Crippen LogP contribution in [0.4, 0.5) is 0 Å². The smallest absolute Gasteiger partial charge is 0.260 e. The van der Waals surface area contributed by atoms with E-state index in [-0.39, 0.29) is 30.2 Å². The molecule has 0 spiro atoms. The van der Waals surface area contributed by atoms with Crippen molar-refractivity contribution in [1.82, 2.24) is 20.1 Å². The summed E-state index contributed by atoms with van der Waals surface area (Å²) in [5.41, 5.74) is 2.87. The zero-order valence-electron chi connectivity index (χ0n) is 20.3. The first-order valence-electron chi connectivity index (χ1n) is 12.0. The summed E-state index contributed by atoms with van der Waals surface area (Å²) in [5.74, 6) is -0.0721. The second-order valence-corrected chi connectivity index (χ2v) is 10.2. The van der Waals surface area contributed by atoms with E-state index in [2.05, 4.69) is 24.1 Å². The van der Waals surface area contributed by atoms with Crippen molar-refractivity contribution in [2.75, 3.05) is 0 Å². The van der Waals surface area contributed by atoms with Gasteiger partial charge in [0.05, 0.1) is 29.4 Å². The second kappa shape index (κ2) is 9.39. The number of nitrogens with zero attached hydrogens (tertiary/aromatic N) is 3. The van der Waals surface area contributed by atoms with Gasteiger partial charge in [-0.25, -0.2) is 0 Å². The molecule has 0 aliphatic carbocycles. The normalized spacial score (nSPS) is 19.1. The highest BCUT2D eigenvalue weighted by molar-refractivity contribution is 6.33. The Kier molecular flexibility index (Phi) is 6.26. The maximum Gasteiger partial charge on any atom is 0.260 e. The van der Waals surface area contributed by atoms with Gasteiger partial charge in [0.25, 0.3) is 11.8 Å². The Bertz CT molecular complexity index is 1320. The Hall–Kier alpha value is -3.71. The molecule has 0 radical (unpaired) electrons. The molecule has 3 heterocycles. The first kappa shape index (κ1) is 24.0. The van der Waals surface area contributed by atoms with Crippen LogP contribution in [0.1, 0.15) is 53.0 Å². The van der Waals surface area contributed by atoms with Crippen LogP contribution in [0.5, 0.6) is 0 Å². The number of guanidine groups is 1. The van der Waals surface area contributed by atoms with E-state index >= 15 is 0 Å². The molecular weight excluding hydrogens is 474 g/mol. The van der Waals surface area contributed by atoms with Gasteiger partial charge in [0.15, 0.2) is 5.96 Å². The third-order valence-corrected chi connectivity index (χ3v) is 7.10. The van der Waals surface area contributed by atoms with E-state index in [1.165, 1.54) is 4.90 Å². The fourth-order valence-corrected chi connectivity index (χ4v) is 5.32. The number of fused-ring (bicyclic) bond motifs is 1. The number of rotatable bonds is 6. The zero-order chi connectivity index (χ0) is 25.4. The fraction of sp³-hybridized carbons (Fsp3) is 0.286. The highest BCUT2D eigenvalue weighted by Gasteiger charge is 2.50. The summed E-state index contributed by atoms with van der Waals surface area (Å²) in [7, 11) is 0. The minimum absolute atomic E-state index is 0.0494. The van der Waals surface area contributed by atoms with Gasteiger partial charge in [-0.15, -0.1) is 0 Å². The summed E-state index contributed by atoms with van der Waals surface area (Å²) in [6.45, 7) is 5.21. The van der Waals surface area contributed by atoms with E-state index in [1.54, 1.807) is 29.3 Å². The fourth-order valence-electron chi connectivity index (χ4n) is 5.12. The maximum atomic E-state index is 13.8. The van der Waals surface area contributed by atoms with Gasteiger partial charge in [-0.05, 0) is 47.2 Å². The molecule has 5 rings (SSSR count). The van der Waals surface area contributed by atoms with Crippen LogP contribution in [-0.4, -0.2) is 32.6 Å². The predicted octanol–water partition coefficient (Wildman–Crippen LogP) is 4.70. The van der Waals surface area contributed by atoms with Gasteiger partial charge in [0.2, 0.25) is 0 Å². The van der Waals surface area contributed by atoms with Gasteiger partial charge in [0, 0.05) is 12.7 Å². The Labute approximate surface area is 215 Å². The Morgan fingerprint density at radius 1 is 1.14 bits per heavy atom. The molecule has 2 aliphatic heterocycles. The predicted molar refractivity (Wildman–Crippen MR) is 138 cm³/mol. The van der Waals surface area contributed by atoms with Crippen molar-refractivity contribution in [2.45, 2.75) is 45.4 Å². The van der Waals surface area contributed by atoms with Crippen LogP contribution in [0, 0.1) is 11.3 Å². The molecule has 1 aromatic heterocycles. The minimum Gasteiger partial charge on any atom is -0.338 e. The number of benzene rings is 2. The topological polar surface area (TPSA) is 89.4 Å². The van der Waals surface area contributed by atoms with E-state index < -0.39 is 5.54 Å². The molecule has 184 valence electrons. The first-order valence-corrected chi connectivity index (χ1v) is 12.4. The van der Waals surface area contributed by atoms with Crippen molar-refractivity contribution in [3.8, 4) is 0 Å². The van der Waals surface area contributed by atoms with Gasteiger partial charge < -0.3 is 10.2 Å². The summed E-state index contributed by atoms with van der Waals surface area (Å²) >= 11 is 6.44. The molecule has 1 saturated heterocycles. The van der Waals surface area contributed by atoms with E-state index in [1.807, 2.05) is 42.5 Å². The number of amides is 2. The number of carbonyl (C=O) groups excluding carboxylic acids is 2. The van der Waals surface area contributed by atoms with E-state index in [9.17, 15) is 9.59 Å². The molecule has 2 N–H and O–H groups in total. The summed E-state index contributed by atoms with van der Waals surface area (Å²) < 4.78 is 0. The number of carbonyl (C=O) groups is 2. The molecule has 1 unspecified atom stereocenters. The summed E-state index contributed by atoms with van der Waals surface area (Å²) in [6, 6.07) is 18.6. The van der Waals surface area contributed by atoms with Crippen molar-refractivity contribution >= 4 is 29.4 Å². The monoisotopic (exact) mass is 501 g/mol. The molecule has 36 heavy (non-hydrogen) atoms. The molecule has 0 saturated carbocycles. The average Bonchev–Trinajstić information content (AvgIpc) is 3.40. The maximum absolute atomic E-state index is 13.8. The number of aromatic nitrogens is 1.